The van der Waals surface area contributed by atoms with Crippen LogP contribution in [0.1, 0.15) is 5.56 Å². The van der Waals surface area contributed by atoms with E-state index in [1.165, 1.54) is 12.1 Å². The third kappa shape index (κ3) is 2.32. The van der Waals surface area contributed by atoms with E-state index in [1.54, 1.807) is 6.07 Å². The zero-order valence-corrected chi connectivity index (χ0v) is 9.04. The highest BCUT2D eigenvalue weighted by Crippen LogP contribution is 2.27. The predicted molar refractivity (Wildman–Crippen MR) is 64.5 cm³/mol. The largest absolute Gasteiger partial charge is 0.392 e. The Bertz CT molecular complexity index is 538. The van der Waals surface area contributed by atoms with Crippen LogP contribution < -0.4 is 0 Å². The minimum absolute atomic E-state index is 0.00580. The first kappa shape index (κ1) is 11.3. The molecule has 0 radical (unpaired) electrons. The molecule has 0 spiro atoms. The number of nitro groups is 1. The maximum absolute atomic E-state index is 10.6. The Hall–Kier alpha value is -2.20. The summed E-state index contributed by atoms with van der Waals surface area (Å²) in [7, 11) is 0. The van der Waals surface area contributed by atoms with Crippen LogP contribution in [0.2, 0.25) is 0 Å². The van der Waals surface area contributed by atoms with Gasteiger partial charge in [-0.1, -0.05) is 30.3 Å². The summed E-state index contributed by atoms with van der Waals surface area (Å²) in [6.45, 7) is -0.216. The lowest BCUT2D eigenvalue weighted by atomic mass is 9.99. The highest BCUT2D eigenvalue weighted by atomic mass is 16.6. The topological polar surface area (TPSA) is 63.4 Å². The smallest absolute Gasteiger partial charge is 0.269 e. The standard InChI is InChI=1S/C13H11NO3/c15-9-11-8-12(14(16)17)6-7-13(11)10-4-2-1-3-5-10/h1-8,15H,9H2. The van der Waals surface area contributed by atoms with E-state index < -0.39 is 4.92 Å². The van der Waals surface area contributed by atoms with Gasteiger partial charge in [-0.15, -0.1) is 0 Å². The Labute approximate surface area is 98.3 Å². The molecule has 4 heteroatoms. The van der Waals surface area contributed by atoms with Gasteiger partial charge in [0.05, 0.1) is 11.5 Å². The fraction of sp³-hybridized carbons (Fsp3) is 0.0769. The van der Waals surface area contributed by atoms with Gasteiger partial charge in [-0.05, 0) is 22.8 Å². The molecule has 0 bridgehead atoms. The van der Waals surface area contributed by atoms with Crippen molar-refractivity contribution in [2.45, 2.75) is 6.61 Å². The van der Waals surface area contributed by atoms with Crippen molar-refractivity contribution in [1.82, 2.24) is 0 Å². The lowest BCUT2D eigenvalue weighted by molar-refractivity contribution is -0.384. The molecule has 0 fully saturated rings. The van der Waals surface area contributed by atoms with Crippen molar-refractivity contribution in [3.05, 3.63) is 64.2 Å². The zero-order chi connectivity index (χ0) is 12.3. The van der Waals surface area contributed by atoms with Crippen LogP contribution in [0, 0.1) is 10.1 Å². The first-order chi connectivity index (χ1) is 8.22. The summed E-state index contributed by atoms with van der Waals surface area (Å²) in [5.41, 5.74) is 2.31. The third-order valence-electron chi connectivity index (χ3n) is 2.55. The second-order valence-electron chi connectivity index (χ2n) is 3.62. The van der Waals surface area contributed by atoms with E-state index in [0.29, 0.717) is 5.56 Å². The second-order valence-corrected chi connectivity index (χ2v) is 3.62. The molecule has 1 N–H and O–H groups in total. The molecule has 0 saturated heterocycles. The van der Waals surface area contributed by atoms with Gasteiger partial charge in [0.2, 0.25) is 0 Å². The Morgan fingerprint density at radius 3 is 2.41 bits per heavy atom. The second kappa shape index (κ2) is 4.76. The van der Waals surface area contributed by atoms with Gasteiger partial charge in [0, 0.05) is 12.1 Å². The SMILES string of the molecule is O=[N+]([O-])c1ccc(-c2ccccc2)c(CO)c1. The Morgan fingerprint density at radius 2 is 1.82 bits per heavy atom. The third-order valence-corrected chi connectivity index (χ3v) is 2.55. The van der Waals surface area contributed by atoms with Gasteiger partial charge in [0.15, 0.2) is 0 Å². The molecule has 2 aromatic carbocycles. The Kier molecular flexibility index (Phi) is 3.16. The monoisotopic (exact) mass is 229 g/mol. The van der Waals surface area contributed by atoms with E-state index in [-0.39, 0.29) is 12.3 Å². The summed E-state index contributed by atoms with van der Waals surface area (Å²) in [5, 5.41) is 19.9. The van der Waals surface area contributed by atoms with Crippen LogP contribution in [0.4, 0.5) is 5.69 Å². The van der Waals surface area contributed by atoms with E-state index in [0.717, 1.165) is 11.1 Å². The van der Waals surface area contributed by atoms with Crippen LogP contribution in [0.5, 0.6) is 0 Å². The molecule has 86 valence electrons. The van der Waals surface area contributed by atoms with Gasteiger partial charge in [-0.25, -0.2) is 0 Å². The van der Waals surface area contributed by atoms with E-state index in [2.05, 4.69) is 0 Å². The van der Waals surface area contributed by atoms with E-state index in [4.69, 9.17) is 0 Å². The molecule has 0 heterocycles. The molecule has 0 aromatic heterocycles. The van der Waals surface area contributed by atoms with Crippen molar-refractivity contribution >= 4 is 5.69 Å². The summed E-state index contributed by atoms with van der Waals surface area (Å²) in [5.74, 6) is 0. The minimum atomic E-state index is -0.464. The molecule has 17 heavy (non-hydrogen) atoms. The van der Waals surface area contributed by atoms with Crippen LogP contribution in [-0.2, 0) is 6.61 Å². The van der Waals surface area contributed by atoms with Crippen molar-refractivity contribution in [3.63, 3.8) is 0 Å². The van der Waals surface area contributed by atoms with Crippen LogP contribution in [0.3, 0.4) is 0 Å². The van der Waals surface area contributed by atoms with Crippen molar-refractivity contribution < 1.29 is 10.0 Å². The first-order valence-corrected chi connectivity index (χ1v) is 5.16. The zero-order valence-electron chi connectivity index (χ0n) is 9.04. The molecular weight excluding hydrogens is 218 g/mol. The summed E-state index contributed by atoms with van der Waals surface area (Å²) >= 11 is 0. The van der Waals surface area contributed by atoms with Crippen molar-refractivity contribution in [3.8, 4) is 11.1 Å². The summed E-state index contributed by atoms with van der Waals surface area (Å²) in [4.78, 5) is 10.2. The minimum Gasteiger partial charge on any atom is -0.392 e. The molecule has 0 aliphatic rings. The number of nitrogens with zero attached hydrogens (tertiary/aromatic N) is 1. The fourth-order valence-electron chi connectivity index (χ4n) is 1.72. The van der Waals surface area contributed by atoms with E-state index >= 15 is 0 Å². The van der Waals surface area contributed by atoms with Gasteiger partial charge in [0.25, 0.3) is 5.69 Å². The van der Waals surface area contributed by atoms with Gasteiger partial charge >= 0.3 is 0 Å². The molecule has 0 amide bonds. The summed E-state index contributed by atoms with van der Waals surface area (Å²) in [6, 6.07) is 14.0. The van der Waals surface area contributed by atoms with Crippen molar-refractivity contribution in [2.24, 2.45) is 0 Å². The van der Waals surface area contributed by atoms with Crippen molar-refractivity contribution in [1.29, 1.82) is 0 Å². The summed E-state index contributed by atoms with van der Waals surface area (Å²) in [6.07, 6.45) is 0. The lowest BCUT2D eigenvalue weighted by Crippen LogP contribution is -1.93. The lowest BCUT2D eigenvalue weighted by Gasteiger charge is -2.07. The number of hydrogen-bond donors (Lipinski definition) is 1. The highest BCUT2D eigenvalue weighted by molar-refractivity contribution is 5.68. The maximum atomic E-state index is 10.6. The molecule has 4 nitrogen and oxygen atoms in total. The highest BCUT2D eigenvalue weighted by Gasteiger charge is 2.11. The normalized spacial score (nSPS) is 10.2. The number of non-ortho nitro benzene ring substituents is 1. The number of nitro benzene ring substituents is 1. The fourth-order valence-corrected chi connectivity index (χ4v) is 1.72. The molecule has 0 aliphatic heterocycles. The quantitative estimate of drug-likeness (QED) is 0.650. The average Bonchev–Trinajstić information content (AvgIpc) is 2.39. The molecular formula is C13H11NO3. The van der Waals surface area contributed by atoms with Gasteiger partial charge in [-0.2, -0.15) is 0 Å². The van der Waals surface area contributed by atoms with Gasteiger partial charge in [-0.3, -0.25) is 10.1 Å². The Balaban J connectivity index is 2.52. The average molecular weight is 229 g/mol. The molecule has 2 rings (SSSR count). The molecule has 0 saturated carbocycles. The molecule has 2 aromatic rings. The van der Waals surface area contributed by atoms with Crippen LogP contribution in [-0.4, -0.2) is 10.0 Å². The molecule has 0 atom stereocenters. The van der Waals surface area contributed by atoms with Crippen LogP contribution >= 0.6 is 0 Å². The van der Waals surface area contributed by atoms with Gasteiger partial charge in [0.1, 0.15) is 0 Å². The maximum Gasteiger partial charge on any atom is 0.269 e. The number of rotatable bonds is 3. The predicted octanol–water partition coefficient (Wildman–Crippen LogP) is 2.75. The number of hydrogen-bond acceptors (Lipinski definition) is 3. The summed E-state index contributed by atoms with van der Waals surface area (Å²) < 4.78 is 0. The number of benzene rings is 2. The van der Waals surface area contributed by atoms with Crippen LogP contribution in [0.25, 0.3) is 11.1 Å². The van der Waals surface area contributed by atoms with Gasteiger partial charge < -0.3 is 5.11 Å². The number of aliphatic hydroxyl groups excluding tert-OH is 1. The van der Waals surface area contributed by atoms with E-state index in [9.17, 15) is 15.2 Å². The molecule has 0 unspecified atom stereocenters. The van der Waals surface area contributed by atoms with Crippen molar-refractivity contribution in [2.75, 3.05) is 0 Å². The van der Waals surface area contributed by atoms with Crippen LogP contribution in [0.15, 0.2) is 48.5 Å². The molecule has 0 aliphatic carbocycles. The first-order valence-electron chi connectivity index (χ1n) is 5.16. The Morgan fingerprint density at radius 1 is 1.12 bits per heavy atom. The van der Waals surface area contributed by atoms with E-state index in [1.807, 2.05) is 30.3 Å². The number of aliphatic hydroxyl groups is 1.